The summed E-state index contributed by atoms with van der Waals surface area (Å²) in [4.78, 5) is 26.5. The number of methoxy groups -OCH3 is 4. The number of benzene rings is 4. The highest BCUT2D eigenvalue weighted by Gasteiger charge is 2.21. The first kappa shape index (κ1) is 30.0. The fourth-order valence-corrected chi connectivity index (χ4v) is 4.38. The summed E-state index contributed by atoms with van der Waals surface area (Å²) in [6, 6.07) is 25.8. The standard InChI is InChI=1S/C34H34O8/c1-37-29-17-25(18-30(38-2)33(29)39-3)27(35)15-16-28(36)26-19-31(41-21-23-11-7-5-8-12-23)34(40-4)32(20-26)42-22-24-13-9-6-10-14-24/h5-14,17-20H,15-16,21-22H2,1-4H3. The average Bonchev–Trinajstić information content (AvgIpc) is 3.04. The van der Waals surface area contributed by atoms with Crippen LogP contribution in [0.15, 0.2) is 84.9 Å². The Morgan fingerprint density at radius 3 is 1.21 bits per heavy atom. The molecule has 0 aliphatic carbocycles. The third-order valence-electron chi connectivity index (χ3n) is 6.59. The zero-order chi connectivity index (χ0) is 29.9. The fraction of sp³-hybridized carbons (Fsp3) is 0.235. The molecule has 4 rings (SSSR count). The predicted molar refractivity (Wildman–Crippen MR) is 159 cm³/mol. The largest absolute Gasteiger partial charge is 0.493 e. The number of carbonyl (C=O) groups excluding carboxylic acids is 2. The van der Waals surface area contributed by atoms with Crippen LogP contribution >= 0.6 is 0 Å². The lowest BCUT2D eigenvalue weighted by molar-refractivity contribution is 0.0916. The van der Waals surface area contributed by atoms with Crippen LogP contribution in [-0.4, -0.2) is 40.0 Å². The molecule has 0 aliphatic heterocycles. The van der Waals surface area contributed by atoms with Crippen LogP contribution in [0.5, 0.6) is 34.5 Å². The smallest absolute Gasteiger partial charge is 0.203 e. The lowest BCUT2D eigenvalue weighted by atomic mass is 10.00. The Morgan fingerprint density at radius 1 is 0.500 bits per heavy atom. The van der Waals surface area contributed by atoms with Crippen LogP contribution in [0.25, 0.3) is 0 Å². The first-order chi connectivity index (χ1) is 20.5. The highest BCUT2D eigenvalue weighted by atomic mass is 16.5. The molecule has 0 N–H and O–H groups in total. The van der Waals surface area contributed by atoms with E-state index in [1.54, 1.807) is 24.3 Å². The first-order valence-corrected chi connectivity index (χ1v) is 13.4. The molecule has 8 nitrogen and oxygen atoms in total. The molecule has 0 atom stereocenters. The summed E-state index contributed by atoms with van der Waals surface area (Å²) >= 11 is 0. The van der Waals surface area contributed by atoms with Crippen molar-refractivity contribution >= 4 is 11.6 Å². The molecule has 42 heavy (non-hydrogen) atoms. The van der Waals surface area contributed by atoms with Crippen molar-refractivity contribution in [3.63, 3.8) is 0 Å². The molecule has 0 radical (unpaired) electrons. The molecule has 0 aliphatic rings. The quantitative estimate of drug-likeness (QED) is 0.146. The molecular weight excluding hydrogens is 536 g/mol. The Morgan fingerprint density at radius 2 is 0.857 bits per heavy atom. The maximum Gasteiger partial charge on any atom is 0.203 e. The lowest BCUT2D eigenvalue weighted by Crippen LogP contribution is -2.08. The van der Waals surface area contributed by atoms with Crippen LogP contribution in [0.2, 0.25) is 0 Å². The van der Waals surface area contributed by atoms with Gasteiger partial charge in [-0.25, -0.2) is 0 Å². The van der Waals surface area contributed by atoms with Gasteiger partial charge in [-0.15, -0.1) is 0 Å². The van der Waals surface area contributed by atoms with Crippen molar-refractivity contribution in [2.75, 3.05) is 28.4 Å². The molecule has 0 aromatic heterocycles. The van der Waals surface area contributed by atoms with E-state index in [4.69, 9.17) is 28.4 Å². The minimum absolute atomic E-state index is 0.0239. The minimum atomic E-state index is -0.243. The van der Waals surface area contributed by atoms with Crippen molar-refractivity contribution in [2.45, 2.75) is 26.1 Å². The number of hydrogen-bond donors (Lipinski definition) is 0. The molecule has 0 saturated heterocycles. The molecule has 4 aromatic carbocycles. The Hall–Kier alpha value is -4.98. The molecule has 0 spiro atoms. The second kappa shape index (κ2) is 14.6. The summed E-state index contributed by atoms with van der Waals surface area (Å²) in [5.41, 5.74) is 2.61. The van der Waals surface area contributed by atoms with Gasteiger partial charge in [0.1, 0.15) is 13.2 Å². The average molecular weight is 571 g/mol. The van der Waals surface area contributed by atoms with Crippen LogP contribution < -0.4 is 28.4 Å². The van der Waals surface area contributed by atoms with Gasteiger partial charge in [-0.2, -0.15) is 0 Å². The van der Waals surface area contributed by atoms with E-state index in [0.29, 0.717) is 45.6 Å². The SMILES string of the molecule is COc1cc(C(=O)CCC(=O)c2cc(OCc3ccccc3)c(OC)c(OCc3ccccc3)c2)cc(OC)c1OC. The van der Waals surface area contributed by atoms with Crippen LogP contribution in [0.4, 0.5) is 0 Å². The minimum Gasteiger partial charge on any atom is -0.493 e. The first-order valence-electron chi connectivity index (χ1n) is 13.4. The summed E-state index contributed by atoms with van der Waals surface area (Å²) in [5.74, 6) is 1.75. The van der Waals surface area contributed by atoms with E-state index in [0.717, 1.165) is 11.1 Å². The molecule has 0 amide bonds. The van der Waals surface area contributed by atoms with Crippen LogP contribution in [0, 0.1) is 0 Å². The van der Waals surface area contributed by atoms with Gasteiger partial charge in [-0.3, -0.25) is 9.59 Å². The van der Waals surface area contributed by atoms with E-state index in [-0.39, 0.29) is 37.6 Å². The second-order valence-electron chi connectivity index (χ2n) is 9.31. The van der Waals surface area contributed by atoms with Crippen LogP contribution in [0.3, 0.4) is 0 Å². The molecule has 0 fully saturated rings. The van der Waals surface area contributed by atoms with Gasteiger partial charge in [0.2, 0.25) is 11.5 Å². The lowest BCUT2D eigenvalue weighted by Gasteiger charge is -2.17. The zero-order valence-electron chi connectivity index (χ0n) is 24.2. The maximum absolute atomic E-state index is 13.4. The van der Waals surface area contributed by atoms with Crippen molar-refractivity contribution < 1.29 is 38.0 Å². The number of Topliss-reactive ketones (excluding diaryl/α,β-unsaturated/α-hetero) is 2. The van der Waals surface area contributed by atoms with Gasteiger partial charge in [0.25, 0.3) is 0 Å². The van der Waals surface area contributed by atoms with Crippen molar-refractivity contribution in [2.24, 2.45) is 0 Å². The molecule has 0 unspecified atom stereocenters. The summed E-state index contributed by atoms with van der Waals surface area (Å²) in [5, 5.41) is 0. The summed E-state index contributed by atoms with van der Waals surface area (Å²) < 4.78 is 33.9. The van der Waals surface area contributed by atoms with E-state index in [9.17, 15) is 9.59 Å². The van der Waals surface area contributed by atoms with E-state index in [1.807, 2.05) is 60.7 Å². The van der Waals surface area contributed by atoms with Crippen molar-refractivity contribution in [3.05, 3.63) is 107 Å². The Bertz CT molecular complexity index is 1410. The van der Waals surface area contributed by atoms with E-state index in [2.05, 4.69) is 0 Å². The maximum atomic E-state index is 13.4. The Kier molecular flexibility index (Phi) is 10.4. The predicted octanol–water partition coefficient (Wildman–Crippen LogP) is 6.72. The van der Waals surface area contributed by atoms with Gasteiger partial charge in [0.05, 0.1) is 28.4 Å². The number of carbonyl (C=O) groups is 2. The zero-order valence-corrected chi connectivity index (χ0v) is 24.2. The van der Waals surface area contributed by atoms with Gasteiger partial charge in [0, 0.05) is 24.0 Å². The van der Waals surface area contributed by atoms with E-state index >= 15 is 0 Å². The van der Waals surface area contributed by atoms with Gasteiger partial charge < -0.3 is 28.4 Å². The van der Waals surface area contributed by atoms with Gasteiger partial charge >= 0.3 is 0 Å². The summed E-state index contributed by atoms with van der Waals surface area (Å²) in [7, 11) is 5.98. The summed E-state index contributed by atoms with van der Waals surface area (Å²) in [6.45, 7) is 0.541. The molecule has 8 heteroatoms. The third-order valence-corrected chi connectivity index (χ3v) is 6.59. The van der Waals surface area contributed by atoms with E-state index < -0.39 is 0 Å². The molecule has 0 saturated carbocycles. The Balaban J connectivity index is 1.57. The van der Waals surface area contributed by atoms with Gasteiger partial charge in [-0.1, -0.05) is 60.7 Å². The molecule has 0 heterocycles. The normalized spacial score (nSPS) is 10.5. The van der Waals surface area contributed by atoms with Gasteiger partial charge in [-0.05, 0) is 35.4 Å². The molecule has 0 bridgehead atoms. The van der Waals surface area contributed by atoms with Crippen molar-refractivity contribution in [3.8, 4) is 34.5 Å². The highest BCUT2D eigenvalue weighted by molar-refractivity contribution is 6.03. The third kappa shape index (κ3) is 7.40. The van der Waals surface area contributed by atoms with Gasteiger partial charge in [0.15, 0.2) is 34.6 Å². The highest BCUT2D eigenvalue weighted by Crippen LogP contribution is 2.41. The van der Waals surface area contributed by atoms with Crippen LogP contribution in [0.1, 0.15) is 44.7 Å². The monoisotopic (exact) mass is 570 g/mol. The number of ether oxygens (including phenoxy) is 6. The molecular formula is C34H34O8. The second-order valence-corrected chi connectivity index (χ2v) is 9.31. The van der Waals surface area contributed by atoms with E-state index in [1.165, 1.54) is 28.4 Å². The number of rotatable bonds is 15. The topological polar surface area (TPSA) is 89.5 Å². The number of hydrogen-bond acceptors (Lipinski definition) is 8. The molecule has 4 aromatic rings. The summed E-state index contributed by atoms with van der Waals surface area (Å²) in [6.07, 6.45) is -0.0536. The fourth-order valence-electron chi connectivity index (χ4n) is 4.38. The Labute approximate surface area is 245 Å². The van der Waals surface area contributed by atoms with Crippen molar-refractivity contribution in [1.82, 2.24) is 0 Å². The number of ketones is 2. The van der Waals surface area contributed by atoms with Crippen LogP contribution in [-0.2, 0) is 13.2 Å². The molecule has 218 valence electrons. The van der Waals surface area contributed by atoms with Crippen molar-refractivity contribution in [1.29, 1.82) is 0 Å².